The van der Waals surface area contributed by atoms with Crippen LogP contribution in [0.1, 0.15) is 12.2 Å². The molecular formula is C11H12BF4N3. The summed E-state index contributed by atoms with van der Waals surface area (Å²) in [6, 6.07) is 10.2. The lowest BCUT2D eigenvalue weighted by Gasteiger charge is -1.90. The molecule has 0 spiro atoms. The minimum atomic E-state index is -3.67. The van der Waals surface area contributed by atoms with Gasteiger partial charge in [0.05, 0.1) is 6.54 Å². The van der Waals surface area contributed by atoms with Crippen LogP contribution >= 0.6 is 0 Å². The van der Waals surface area contributed by atoms with Crippen molar-refractivity contribution in [3.05, 3.63) is 42.5 Å². The molecule has 102 valence electrons. The molecule has 0 unspecified atom stereocenters. The molecule has 0 bridgehead atoms. The Balaban J connectivity index is 0.000000323. The molecule has 1 aromatic carbocycles. The maximum Gasteiger partial charge on any atom is 0.762 e. The Morgan fingerprint density at radius 1 is 1.16 bits per heavy atom. The zero-order valence-corrected chi connectivity index (χ0v) is 10.0. The van der Waals surface area contributed by atoms with Crippen LogP contribution in [0.4, 0.5) is 12.9 Å². The summed E-state index contributed by atoms with van der Waals surface area (Å²) in [6.45, 7) is 1.11. The number of aryl methyl sites for hydroxylation is 2. The number of fused-ring (bicyclic) bond motifs is 1. The van der Waals surface area contributed by atoms with Crippen LogP contribution in [0.3, 0.4) is 0 Å². The van der Waals surface area contributed by atoms with Gasteiger partial charge in [-0.3, -0.25) is 12.9 Å². The van der Waals surface area contributed by atoms with Gasteiger partial charge in [0.15, 0.2) is 0 Å². The molecule has 19 heavy (non-hydrogen) atoms. The highest BCUT2D eigenvalue weighted by atomic mass is 19.4. The van der Waals surface area contributed by atoms with Crippen molar-refractivity contribution in [3.8, 4) is 5.69 Å². The molecule has 2 heterocycles. The van der Waals surface area contributed by atoms with Crippen molar-refractivity contribution >= 4 is 7.54 Å². The van der Waals surface area contributed by atoms with Gasteiger partial charge in [0, 0.05) is 11.5 Å². The zero-order valence-electron chi connectivity index (χ0n) is 10.0. The van der Waals surface area contributed by atoms with Gasteiger partial charge in [0.2, 0.25) is 6.33 Å². The van der Waals surface area contributed by atoms with Crippen molar-refractivity contribution in [3.63, 3.8) is 0 Å². The van der Waals surface area contributed by atoms with E-state index in [1.807, 2.05) is 22.9 Å². The van der Waals surface area contributed by atoms with Crippen molar-refractivity contribution < 1.29 is 22.2 Å². The second-order valence-corrected chi connectivity index (χ2v) is 3.86. The fourth-order valence-corrected chi connectivity index (χ4v) is 1.90. The van der Waals surface area contributed by atoms with Crippen molar-refractivity contribution in [1.29, 1.82) is 0 Å². The molecule has 0 N–H and O–H groups in total. The number of halogens is 4. The number of para-hydroxylation sites is 1. The molecule has 1 aromatic heterocycles. The first-order valence-corrected chi connectivity index (χ1v) is 5.62. The first kappa shape index (κ1) is 15.2. The average molecular weight is 273 g/mol. The van der Waals surface area contributed by atoms with E-state index in [-0.39, 0.29) is 4.70 Å². The third-order valence-electron chi connectivity index (χ3n) is 2.62. The summed E-state index contributed by atoms with van der Waals surface area (Å²) in [5, 5.41) is 4.54. The second kappa shape index (κ2) is 6.91. The van der Waals surface area contributed by atoms with Crippen LogP contribution in [0.5, 0.6) is 0 Å². The molecule has 2 aromatic rings. The quantitative estimate of drug-likeness (QED) is 0.371. The van der Waals surface area contributed by atoms with Gasteiger partial charge in [0.25, 0.3) is 5.82 Å². The second-order valence-electron chi connectivity index (χ2n) is 3.86. The molecule has 3 rings (SSSR count). The summed E-state index contributed by atoms with van der Waals surface area (Å²) in [5.74, 6) is 1.20. The highest BCUT2D eigenvalue weighted by Crippen LogP contribution is 2.07. The average Bonchev–Trinajstić information content (AvgIpc) is 2.89. The van der Waals surface area contributed by atoms with Crippen LogP contribution in [-0.4, -0.2) is 17.3 Å². The van der Waals surface area contributed by atoms with Gasteiger partial charge in [-0.05, 0) is 18.6 Å². The summed E-state index contributed by atoms with van der Waals surface area (Å²) < 4.78 is 33.2. The van der Waals surface area contributed by atoms with Crippen LogP contribution in [-0.2, 0) is 13.0 Å². The maximum atomic E-state index is 9.67. The van der Waals surface area contributed by atoms with E-state index in [9.17, 15) is 12.9 Å². The number of benzene rings is 1. The summed E-state index contributed by atoms with van der Waals surface area (Å²) in [6.07, 6.45) is 4.43. The number of hydrogen-bond acceptors (Lipinski definition) is 1. The van der Waals surface area contributed by atoms with Crippen molar-refractivity contribution in [2.75, 3.05) is 0 Å². The lowest BCUT2D eigenvalue weighted by molar-refractivity contribution is -0.691. The van der Waals surface area contributed by atoms with Crippen LogP contribution in [0.25, 0.3) is 5.69 Å². The Bertz CT molecular complexity index is 480. The van der Waals surface area contributed by atoms with E-state index < -0.39 is 7.54 Å². The fraction of sp³-hybridized carbons (Fsp3) is 0.273. The van der Waals surface area contributed by atoms with Crippen molar-refractivity contribution in [2.24, 2.45) is 0 Å². The van der Waals surface area contributed by atoms with Gasteiger partial charge >= 0.3 is 7.54 Å². The number of hydrogen-bond donors (Lipinski definition) is 0. The predicted molar refractivity (Wildman–Crippen MR) is 61.2 cm³/mol. The molecule has 1 aliphatic rings. The predicted octanol–water partition coefficient (Wildman–Crippen LogP) is -1.01. The Morgan fingerprint density at radius 3 is 2.37 bits per heavy atom. The Kier molecular flexibility index (Phi) is 5.53. The van der Waals surface area contributed by atoms with E-state index in [0.717, 1.165) is 18.7 Å². The molecular weight excluding hydrogens is 261 g/mol. The van der Waals surface area contributed by atoms with Crippen LogP contribution < -0.4 is 9.27 Å². The highest BCUT2D eigenvalue weighted by Gasteiger charge is 2.22. The van der Waals surface area contributed by atoms with E-state index in [2.05, 4.69) is 28.1 Å². The molecule has 0 fully saturated rings. The molecule has 0 radical (unpaired) electrons. The topological polar surface area (TPSA) is 21.7 Å². The van der Waals surface area contributed by atoms with Gasteiger partial charge in [-0.25, -0.2) is 4.57 Å². The Morgan fingerprint density at radius 2 is 1.79 bits per heavy atom. The third kappa shape index (κ3) is 4.08. The minimum absolute atomic E-state index is 0. The van der Waals surface area contributed by atoms with E-state index in [1.165, 1.54) is 12.2 Å². The van der Waals surface area contributed by atoms with Crippen LogP contribution in [0.2, 0.25) is 0 Å². The molecule has 0 amide bonds. The summed E-state index contributed by atoms with van der Waals surface area (Å²) in [4.78, 5) is 0. The van der Waals surface area contributed by atoms with E-state index in [4.69, 9.17) is 0 Å². The molecule has 0 atom stereocenters. The highest BCUT2D eigenvalue weighted by molar-refractivity contribution is 6.33. The smallest absolute Gasteiger partial charge is 0.762 e. The fourth-order valence-electron chi connectivity index (χ4n) is 1.90. The van der Waals surface area contributed by atoms with Gasteiger partial charge in [-0.2, -0.15) is 0 Å². The van der Waals surface area contributed by atoms with Crippen LogP contribution in [0.15, 0.2) is 36.7 Å². The first-order valence-electron chi connectivity index (χ1n) is 5.62. The zero-order chi connectivity index (χ0) is 13.0. The van der Waals surface area contributed by atoms with Gasteiger partial charge in [0.1, 0.15) is 5.69 Å². The summed E-state index contributed by atoms with van der Waals surface area (Å²) in [7, 11) is -3.67. The first-order chi connectivity index (χ1) is 8.66. The van der Waals surface area contributed by atoms with Crippen LogP contribution in [0, 0.1) is 0 Å². The molecule has 3 nitrogen and oxygen atoms in total. The van der Waals surface area contributed by atoms with E-state index in [0.29, 0.717) is 0 Å². The lowest BCUT2D eigenvalue weighted by atomic mass is 10.3. The van der Waals surface area contributed by atoms with Crippen molar-refractivity contribution in [2.45, 2.75) is 19.4 Å². The molecule has 0 saturated heterocycles. The number of rotatable bonds is 1. The van der Waals surface area contributed by atoms with Gasteiger partial charge in [-0.15, -0.1) is 0 Å². The largest absolute Gasteiger partial charge is 1.00 e. The summed E-state index contributed by atoms with van der Waals surface area (Å²) >= 11 is 0. The van der Waals surface area contributed by atoms with Gasteiger partial charge in [-0.1, -0.05) is 22.9 Å². The van der Waals surface area contributed by atoms with Gasteiger partial charge < -0.3 is 4.70 Å². The third-order valence-corrected chi connectivity index (χ3v) is 2.62. The molecule has 0 saturated carbocycles. The summed E-state index contributed by atoms with van der Waals surface area (Å²) in [5.41, 5.74) is 1.13. The number of aromatic nitrogens is 3. The van der Waals surface area contributed by atoms with E-state index >= 15 is 0 Å². The molecule has 0 aliphatic carbocycles. The Labute approximate surface area is 108 Å². The number of nitrogens with zero attached hydrogens (tertiary/aromatic N) is 3. The minimum Gasteiger partial charge on any atom is -1.00 e. The maximum absolute atomic E-state index is 9.67. The molecule has 1 aliphatic heterocycles. The van der Waals surface area contributed by atoms with E-state index in [1.54, 1.807) is 0 Å². The molecule has 8 heteroatoms. The Hall–Kier alpha value is -1.86. The standard InChI is InChI=1S/C11H12N3.BF3.FH/c1-2-5-10(6-3-1)14-9-13-8-4-7-11(13)12-14;2-1(3)4;/h1-3,5-6,9H,4,7-8H2;;1H/q+1;;/p-1. The lowest BCUT2D eigenvalue weighted by Crippen LogP contribution is -3.00. The monoisotopic (exact) mass is 273 g/mol. The SMILES string of the molecule is FB(F)F.[F-].c1ccc(-n2c[n+]3c(n2)CCC3)cc1. The normalized spacial score (nSPS) is 11.9. The van der Waals surface area contributed by atoms with Crippen molar-refractivity contribution in [1.82, 2.24) is 9.78 Å².